The molecule has 1 fully saturated rings. The monoisotopic (exact) mass is 422 g/mol. The third kappa shape index (κ3) is 4.00. The van der Waals surface area contributed by atoms with Crippen LogP contribution in [0, 0.1) is 0 Å². The van der Waals surface area contributed by atoms with Gasteiger partial charge >= 0.3 is 0 Å². The molecule has 31 heavy (non-hydrogen) atoms. The number of hydrogen-bond acceptors (Lipinski definition) is 6. The number of anilines is 2. The first-order chi connectivity index (χ1) is 15.0. The molecule has 1 aliphatic heterocycles. The number of hydrogen-bond donors (Lipinski definition) is 0. The summed E-state index contributed by atoms with van der Waals surface area (Å²) in [5, 5.41) is 13.0. The van der Waals surface area contributed by atoms with Crippen molar-refractivity contribution in [3.05, 3.63) is 42.5 Å². The molecule has 7 nitrogen and oxygen atoms in total. The highest BCUT2D eigenvalue weighted by Crippen LogP contribution is 2.42. The van der Waals surface area contributed by atoms with E-state index in [9.17, 15) is 5.11 Å². The normalized spacial score (nSPS) is 14.5. The van der Waals surface area contributed by atoms with E-state index in [-0.39, 0.29) is 5.75 Å². The number of ether oxygens (including phenoxy) is 3. The zero-order valence-electron chi connectivity index (χ0n) is 18.4. The van der Waals surface area contributed by atoms with Crippen molar-refractivity contribution in [1.82, 2.24) is 4.98 Å². The number of pyridine rings is 1. The molecular formula is C24H28N3O4. The van der Waals surface area contributed by atoms with Crippen LogP contribution in [0.25, 0.3) is 10.9 Å². The smallest absolute Gasteiger partial charge is 0.204 e. The molecule has 0 saturated carbocycles. The van der Waals surface area contributed by atoms with Crippen LogP contribution in [0.3, 0.4) is 0 Å². The van der Waals surface area contributed by atoms with Gasteiger partial charge in [-0.15, -0.1) is 0 Å². The first kappa shape index (κ1) is 20.9. The summed E-state index contributed by atoms with van der Waals surface area (Å²) in [6.07, 6.45) is 1.90. The number of rotatable bonds is 6. The van der Waals surface area contributed by atoms with Crippen LogP contribution in [0.15, 0.2) is 42.5 Å². The summed E-state index contributed by atoms with van der Waals surface area (Å²) in [7, 11) is 7.02. The quantitative estimate of drug-likeness (QED) is 0.582. The fraction of sp³-hybridized carbons (Fsp3) is 0.375. The molecule has 1 aromatic heterocycles. The molecule has 4 rings (SSSR count). The molecule has 163 valence electrons. The molecule has 2 heterocycles. The summed E-state index contributed by atoms with van der Waals surface area (Å²) >= 11 is 0. The summed E-state index contributed by atoms with van der Waals surface area (Å²) in [5.74, 6) is 2.96. The van der Waals surface area contributed by atoms with E-state index in [1.807, 2.05) is 30.3 Å². The van der Waals surface area contributed by atoms with Crippen molar-refractivity contribution in [2.24, 2.45) is 0 Å². The summed E-state index contributed by atoms with van der Waals surface area (Å²) < 4.78 is 16.6. The lowest BCUT2D eigenvalue weighted by molar-refractivity contribution is 0.359. The molecule has 2 aromatic carbocycles. The second-order valence-corrected chi connectivity index (χ2v) is 7.71. The van der Waals surface area contributed by atoms with Crippen molar-refractivity contribution in [3.8, 4) is 23.0 Å². The first-order valence-electron chi connectivity index (χ1n) is 10.4. The Balaban J connectivity index is 1.52. The van der Waals surface area contributed by atoms with Crippen LogP contribution < -0.4 is 24.0 Å². The molecule has 0 unspecified atom stereocenters. The Morgan fingerprint density at radius 1 is 0.968 bits per heavy atom. The third-order valence-electron chi connectivity index (χ3n) is 6.05. The van der Waals surface area contributed by atoms with E-state index in [1.54, 1.807) is 33.5 Å². The Kier molecular flexibility index (Phi) is 5.93. The standard InChI is InChI=1S/C24H28N3O4/c1-26(24-20(30-3)14-18(29-2)15-21(24)31-4)17-10-12-27(13-11-17)22-9-8-16-6-5-7-19(28)23(16)25-22/h5-9,14-15,17H,10-13H2,1-4H3. The minimum Gasteiger partial charge on any atom is -0.496 e. The van der Waals surface area contributed by atoms with Gasteiger partial charge in [-0.1, -0.05) is 12.1 Å². The molecule has 0 amide bonds. The molecule has 0 bridgehead atoms. The van der Waals surface area contributed by atoms with Crippen molar-refractivity contribution in [2.45, 2.75) is 18.9 Å². The van der Waals surface area contributed by atoms with Crippen LogP contribution in [0.1, 0.15) is 12.8 Å². The maximum Gasteiger partial charge on any atom is 0.204 e. The number of para-hydroxylation sites is 1. The molecular weight excluding hydrogens is 394 g/mol. The number of fused-ring (bicyclic) bond motifs is 1. The second kappa shape index (κ2) is 8.79. The number of aromatic nitrogens is 1. The summed E-state index contributed by atoms with van der Waals surface area (Å²) in [5.41, 5.74) is 1.45. The van der Waals surface area contributed by atoms with Crippen molar-refractivity contribution in [3.63, 3.8) is 0 Å². The highest BCUT2D eigenvalue weighted by atomic mass is 16.5. The Morgan fingerprint density at radius 3 is 2.26 bits per heavy atom. The fourth-order valence-electron chi connectivity index (χ4n) is 4.29. The van der Waals surface area contributed by atoms with Crippen LogP contribution in [0.4, 0.5) is 11.5 Å². The molecule has 1 radical (unpaired) electrons. The van der Waals surface area contributed by atoms with Crippen LogP contribution >= 0.6 is 0 Å². The van der Waals surface area contributed by atoms with Crippen molar-refractivity contribution in [1.29, 1.82) is 0 Å². The molecule has 3 aromatic rings. The van der Waals surface area contributed by atoms with Gasteiger partial charge in [0.15, 0.2) is 0 Å². The Bertz CT molecular complexity index is 1040. The molecule has 0 N–H and O–H groups in total. The Morgan fingerprint density at radius 2 is 1.65 bits per heavy atom. The molecule has 1 aliphatic rings. The highest BCUT2D eigenvalue weighted by Gasteiger charge is 2.27. The lowest BCUT2D eigenvalue weighted by Crippen LogP contribution is -2.44. The minimum absolute atomic E-state index is 0.0346. The number of nitrogens with zero attached hydrogens (tertiary/aromatic N) is 3. The predicted molar refractivity (Wildman–Crippen MR) is 122 cm³/mol. The Hall–Kier alpha value is -3.35. The first-order valence-corrected chi connectivity index (χ1v) is 10.4. The van der Waals surface area contributed by atoms with E-state index in [4.69, 9.17) is 14.2 Å². The number of benzene rings is 2. The summed E-state index contributed by atoms with van der Waals surface area (Å²) in [6, 6.07) is 13.3. The minimum atomic E-state index is -0.0346. The van der Waals surface area contributed by atoms with Gasteiger partial charge in [-0.3, -0.25) is 5.11 Å². The molecule has 7 heteroatoms. The van der Waals surface area contributed by atoms with E-state index in [1.165, 1.54) is 0 Å². The van der Waals surface area contributed by atoms with Gasteiger partial charge in [0.05, 0.1) is 21.3 Å². The maximum atomic E-state index is 12.2. The van der Waals surface area contributed by atoms with Crippen LogP contribution in [-0.4, -0.2) is 52.5 Å². The average molecular weight is 423 g/mol. The molecule has 0 atom stereocenters. The lowest BCUT2D eigenvalue weighted by atomic mass is 10.0. The van der Waals surface area contributed by atoms with Crippen LogP contribution in [-0.2, 0) is 5.11 Å². The largest absolute Gasteiger partial charge is 0.496 e. The van der Waals surface area contributed by atoms with Gasteiger partial charge in [0, 0.05) is 43.7 Å². The molecule has 0 aliphatic carbocycles. The van der Waals surface area contributed by atoms with Gasteiger partial charge in [0.1, 0.15) is 34.3 Å². The van der Waals surface area contributed by atoms with E-state index in [2.05, 4.69) is 21.8 Å². The predicted octanol–water partition coefficient (Wildman–Crippen LogP) is 4.51. The molecule has 0 spiro atoms. The van der Waals surface area contributed by atoms with E-state index < -0.39 is 0 Å². The van der Waals surface area contributed by atoms with Gasteiger partial charge < -0.3 is 24.0 Å². The van der Waals surface area contributed by atoms with E-state index in [0.29, 0.717) is 17.3 Å². The number of piperidine rings is 1. The second-order valence-electron chi connectivity index (χ2n) is 7.71. The van der Waals surface area contributed by atoms with Crippen molar-refractivity contribution >= 4 is 22.4 Å². The average Bonchev–Trinajstić information content (AvgIpc) is 2.82. The van der Waals surface area contributed by atoms with E-state index in [0.717, 1.165) is 54.3 Å². The van der Waals surface area contributed by atoms with Gasteiger partial charge in [0.2, 0.25) is 5.75 Å². The summed E-state index contributed by atoms with van der Waals surface area (Å²) in [6.45, 7) is 1.71. The topological polar surface area (TPSA) is 67.0 Å². The lowest BCUT2D eigenvalue weighted by Gasteiger charge is -2.39. The van der Waals surface area contributed by atoms with Gasteiger partial charge in [0.25, 0.3) is 0 Å². The SMILES string of the molecule is COc1cc(OC)c(N(C)C2CCN(c3ccc4cccc([O])c4n3)CC2)c(OC)c1. The highest BCUT2D eigenvalue weighted by molar-refractivity contribution is 5.85. The van der Waals surface area contributed by atoms with E-state index >= 15 is 0 Å². The summed E-state index contributed by atoms with van der Waals surface area (Å²) in [4.78, 5) is 9.13. The zero-order valence-corrected chi connectivity index (χ0v) is 18.4. The van der Waals surface area contributed by atoms with Gasteiger partial charge in [-0.2, -0.15) is 0 Å². The fourth-order valence-corrected chi connectivity index (χ4v) is 4.29. The molecule has 1 saturated heterocycles. The third-order valence-corrected chi connectivity index (χ3v) is 6.05. The van der Waals surface area contributed by atoms with Crippen LogP contribution in [0.2, 0.25) is 0 Å². The van der Waals surface area contributed by atoms with Crippen molar-refractivity contribution < 1.29 is 19.3 Å². The zero-order chi connectivity index (χ0) is 22.0. The van der Waals surface area contributed by atoms with Crippen molar-refractivity contribution in [2.75, 3.05) is 51.3 Å². The Labute approximate surface area is 182 Å². The number of methoxy groups -OCH3 is 3. The van der Waals surface area contributed by atoms with Crippen LogP contribution in [0.5, 0.6) is 23.0 Å². The van der Waals surface area contributed by atoms with Gasteiger partial charge in [-0.25, -0.2) is 4.98 Å². The van der Waals surface area contributed by atoms with Gasteiger partial charge in [-0.05, 0) is 31.0 Å². The maximum absolute atomic E-state index is 12.2.